The van der Waals surface area contributed by atoms with Crippen LogP contribution in [0.2, 0.25) is 0 Å². The standard InChI is InChI=1S/C19H21N5O2S/c25-19(21-12-15-4-1-2-8-20-15)14-6-9-24(10-7-14)13-17-22-18(23-26-17)16-5-3-11-27-16/h1-5,8,11,14H,6-7,9-10,12-13H2,(H,21,25). The van der Waals surface area contributed by atoms with Crippen LogP contribution in [-0.2, 0) is 17.9 Å². The molecule has 7 nitrogen and oxygen atoms in total. The van der Waals surface area contributed by atoms with Gasteiger partial charge in [0.1, 0.15) is 0 Å². The van der Waals surface area contributed by atoms with Gasteiger partial charge in [0.25, 0.3) is 0 Å². The van der Waals surface area contributed by atoms with Crippen molar-refractivity contribution >= 4 is 17.2 Å². The van der Waals surface area contributed by atoms with Crippen LogP contribution >= 0.6 is 11.3 Å². The first-order valence-electron chi connectivity index (χ1n) is 9.04. The molecule has 0 atom stereocenters. The molecule has 0 aliphatic carbocycles. The quantitative estimate of drug-likeness (QED) is 0.705. The van der Waals surface area contributed by atoms with Gasteiger partial charge < -0.3 is 9.84 Å². The summed E-state index contributed by atoms with van der Waals surface area (Å²) in [7, 11) is 0. The van der Waals surface area contributed by atoms with Crippen LogP contribution in [0.15, 0.2) is 46.4 Å². The van der Waals surface area contributed by atoms with E-state index in [1.807, 2.05) is 35.7 Å². The zero-order valence-electron chi connectivity index (χ0n) is 14.9. The lowest BCUT2D eigenvalue weighted by atomic mass is 9.96. The number of carbonyl (C=O) groups excluding carboxylic acids is 1. The highest BCUT2D eigenvalue weighted by Gasteiger charge is 2.26. The lowest BCUT2D eigenvalue weighted by Crippen LogP contribution is -2.40. The van der Waals surface area contributed by atoms with Crippen LogP contribution in [0.4, 0.5) is 0 Å². The van der Waals surface area contributed by atoms with Gasteiger partial charge in [-0.05, 0) is 49.5 Å². The van der Waals surface area contributed by atoms with Gasteiger partial charge in [0.05, 0.1) is 23.7 Å². The van der Waals surface area contributed by atoms with Crippen LogP contribution in [0, 0.1) is 5.92 Å². The number of rotatable bonds is 6. The predicted octanol–water partition coefficient (Wildman–Crippen LogP) is 2.72. The summed E-state index contributed by atoms with van der Waals surface area (Å²) in [6.45, 7) is 2.80. The monoisotopic (exact) mass is 383 g/mol. The van der Waals surface area contributed by atoms with Crippen LogP contribution in [-0.4, -0.2) is 39.0 Å². The Morgan fingerprint density at radius 3 is 2.89 bits per heavy atom. The molecule has 1 amide bonds. The van der Waals surface area contributed by atoms with Gasteiger partial charge in [-0.3, -0.25) is 14.7 Å². The van der Waals surface area contributed by atoms with Gasteiger partial charge >= 0.3 is 0 Å². The third-order valence-corrected chi connectivity index (χ3v) is 5.56. The second kappa shape index (κ2) is 8.41. The zero-order chi connectivity index (χ0) is 18.5. The molecule has 1 fully saturated rings. The Hall–Kier alpha value is -2.58. The number of nitrogens with zero attached hydrogens (tertiary/aromatic N) is 4. The minimum Gasteiger partial charge on any atom is -0.350 e. The smallest absolute Gasteiger partial charge is 0.241 e. The third-order valence-electron chi connectivity index (χ3n) is 4.70. The molecule has 1 N–H and O–H groups in total. The molecule has 3 aromatic heterocycles. The van der Waals surface area contributed by atoms with Gasteiger partial charge in [-0.25, -0.2) is 0 Å². The molecule has 8 heteroatoms. The second-order valence-electron chi connectivity index (χ2n) is 6.58. The molecule has 4 rings (SSSR count). The lowest BCUT2D eigenvalue weighted by Gasteiger charge is -2.30. The number of piperidine rings is 1. The van der Waals surface area contributed by atoms with Crippen LogP contribution in [0.3, 0.4) is 0 Å². The maximum Gasteiger partial charge on any atom is 0.241 e. The van der Waals surface area contributed by atoms with E-state index in [1.165, 1.54) is 0 Å². The molecular weight excluding hydrogens is 362 g/mol. The summed E-state index contributed by atoms with van der Waals surface area (Å²) < 4.78 is 5.37. The molecule has 1 aliphatic rings. The Morgan fingerprint density at radius 1 is 1.26 bits per heavy atom. The van der Waals surface area contributed by atoms with E-state index in [1.54, 1.807) is 17.5 Å². The van der Waals surface area contributed by atoms with Crippen molar-refractivity contribution in [2.45, 2.75) is 25.9 Å². The molecule has 4 heterocycles. The van der Waals surface area contributed by atoms with E-state index in [-0.39, 0.29) is 11.8 Å². The van der Waals surface area contributed by atoms with Crippen molar-refractivity contribution in [3.63, 3.8) is 0 Å². The molecule has 27 heavy (non-hydrogen) atoms. The largest absolute Gasteiger partial charge is 0.350 e. The Kier molecular flexibility index (Phi) is 5.55. The Bertz CT molecular complexity index is 857. The van der Waals surface area contributed by atoms with Crippen molar-refractivity contribution in [2.75, 3.05) is 13.1 Å². The van der Waals surface area contributed by atoms with Crippen molar-refractivity contribution in [1.82, 2.24) is 25.3 Å². The van der Waals surface area contributed by atoms with E-state index in [0.29, 0.717) is 24.8 Å². The van der Waals surface area contributed by atoms with Crippen molar-refractivity contribution in [1.29, 1.82) is 0 Å². The highest BCUT2D eigenvalue weighted by Crippen LogP contribution is 2.23. The van der Waals surface area contributed by atoms with Crippen LogP contribution in [0.25, 0.3) is 10.7 Å². The fourth-order valence-electron chi connectivity index (χ4n) is 3.19. The number of pyridine rings is 1. The number of thiophene rings is 1. The summed E-state index contributed by atoms with van der Waals surface area (Å²) in [6, 6.07) is 9.66. The van der Waals surface area contributed by atoms with Gasteiger partial charge in [-0.1, -0.05) is 17.3 Å². The molecule has 0 aromatic carbocycles. The second-order valence-corrected chi connectivity index (χ2v) is 7.53. The molecule has 0 spiro atoms. The van der Waals surface area contributed by atoms with Crippen LogP contribution in [0.1, 0.15) is 24.4 Å². The number of carbonyl (C=O) groups is 1. The minimum absolute atomic E-state index is 0.0503. The van der Waals surface area contributed by atoms with Crippen molar-refractivity contribution in [3.05, 3.63) is 53.5 Å². The van der Waals surface area contributed by atoms with Crippen molar-refractivity contribution < 1.29 is 9.32 Å². The van der Waals surface area contributed by atoms with E-state index in [0.717, 1.165) is 36.5 Å². The highest BCUT2D eigenvalue weighted by molar-refractivity contribution is 7.13. The molecule has 3 aromatic rings. The Morgan fingerprint density at radius 2 is 2.15 bits per heavy atom. The van der Waals surface area contributed by atoms with Gasteiger partial charge in [-0.15, -0.1) is 11.3 Å². The zero-order valence-corrected chi connectivity index (χ0v) is 15.7. The number of nitrogens with one attached hydrogen (secondary N) is 1. The number of hydrogen-bond acceptors (Lipinski definition) is 7. The maximum atomic E-state index is 12.4. The lowest BCUT2D eigenvalue weighted by molar-refractivity contribution is -0.126. The SMILES string of the molecule is O=C(NCc1ccccn1)C1CCN(Cc2nc(-c3cccs3)no2)CC1. The summed E-state index contributed by atoms with van der Waals surface area (Å²) in [4.78, 5) is 24.3. The summed E-state index contributed by atoms with van der Waals surface area (Å²) in [5.74, 6) is 1.42. The molecule has 0 unspecified atom stereocenters. The third kappa shape index (κ3) is 4.58. The molecule has 1 saturated heterocycles. The van der Waals surface area contributed by atoms with Crippen LogP contribution in [0.5, 0.6) is 0 Å². The highest BCUT2D eigenvalue weighted by atomic mass is 32.1. The van der Waals surface area contributed by atoms with Gasteiger partial charge in [0.2, 0.25) is 17.6 Å². The number of likely N-dealkylation sites (tertiary alicyclic amines) is 1. The first-order valence-corrected chi connectivity index (χ1v) is 9.92. The summed E-state index contributed by atoms with van der Waals surface area (Å²) in [6.07, 6.45) is 3.40. The molecule has 0 radical (unpaired) electrons. The normalized spacial score (nSPS) is 15.7. The van der Waals surface area contributed by atoms with E-state index in [9.17, 15) is 4.79 Å². The fraction of sp³-hybridized carbons (Fsp3) is 0.368. The first-order chi connectivity index (χ1) is 13.3. The molecule has 0 saturated carbocycles. The van der Waals surface area contributed by atoms with Crippen molar-refractivity contribution in [2.24, 2.45) is 5.92 Å². The summed E-state index contributed by atoms with van der Waals surface area (Å²) in [5, 5.41) is 9.04. The molecule has 1 aliphatic heterocycles. The average molecular weight is 383 g/mol. The summed E-state index contributed by atoms with van der Waals surface area (Å²) >= 11 is 1.59. The van der Waals surface area contributed by atoms with E-state index < -0.39 is 0 Å². The molecular formula is C19H21N5O2S. The fourth-order valence-corrected chi connectivity index (χ4v) is 3.84. The number of hydrogen-bond donors (Lipinski definition) is 1. The predicted molar refractivity (Wildman–Crippen MR) is 102 cm³/mol. The first kappa shape index (κ1) is 17.8. The van der Waals surface area contributed by atoms with Crippen LogP contribution < -0.4 is 5.32 Å². The number of aromatic nitrogens is 3. The molecule has 0 bridgehead atoms. The maximum absolute atomic E-state index is 12.4. The van der Waals surface area contributed by atoms with E-state index in [4.69, 9.17) is 4.52 Å². The van der Waals surface area contributed by atoms with E-state index in [2.05, 4.69) is 25.3 Å². The summed E-state index contributed by atoms with van der Waals surface area (Å²) in [5.41, 5.74) is 0.876. The van der Waals surface area contributed by atoms with Crippen molar-refractivity contribution in [3.8, 4) is 10.7 Å². The van der Waals surface area contributed by atoms with Gasteiger partial charge in [0.15, 0.2) is 0 Å². The topological polar surface area (TPSA) is 84.2 Å². The number of amides is 1. The Labute approximate surface area is 161 Å². The Balaban J connectivity index is 1.23. The van der Waals surface area contributed by atoms with Gasteiger partial charge in [0, 0.05) is 12.1 Å². The van der Waals surface area contributed by atoms with Gasteiger partial charge in [-0.2, -0.15) is 4.98 Å². The minimum atomic E-state index is 0.0503. The average Bonchev–Trinajstić information content (AvgIpc) is 3.39. The molecule has 140 valence electrons. The van der Waals surface area contributed by atoms with E-state index >= 15 is 0 Å².